The molecule has 1 N–H and O–H groups in total. The highest BCUT2D eigenvalue weighted by molar-refractivity contribution is 7.93. The van der Waals surface area contributed by atoms with Crippen molar-refractivity contribution >= 4 is 9.84 Å². The fourth-order valence-electron chi connectivity index (χ4n) is 1.21. The highest BCUT2D eigenvalue weighted by atomic mass is 32.2. The Labute approximate surface area is 103 Å². The third-order valence-electron chi connectivity index (χ3n) is 2.25. The van der Waals surface area contributed by atoms with Gasteiger partial charge in [-0.3, -0.25) is 0 Å². The summed E-state index contributed by atoms with van der Waals surface area (Å²) in [5, 5.41) is -3.50. The minimum atomic E-state index is -6.74. The Balaban J connectivity index is 3.49. The SMILES string of the molecule is C=C1COC(C(F)(F)F)(S(=O)(=O)C(F)(F)F)NC1=C. The van der Waals surface area contributed by atoms with Crippen molar-refractivity contribution in [1.29, 1.82) is 0 Å². The number of sulfone groups is 1. The summed E-state index contributed by atoms with van der Waals surface area (Å²) in [7, 11) is -6.74. The molecule has 11 heteroatoms. The topological polar surface area (TPSA) is 55.4 Å². The van der Waals surface area contributed by atoms with Crippen molar-refractivity contribution in [2.75, 3.05) is 6.61 Å². The zero-order valence-corrected chi connectivity index (χ0v) is 9.84. The van der Waals surface area contributed by atoms with E-state index in [0.29, 0.717) is 0 Å². The van der Waals surface area contributed by atoms with E-state index in [1.54, 1.807) is 0 Å². The maximum atomic E-state index is 12.8. The van der Waals surface area contributed by atoms with Crippen LogP contribution in [-0.2, 0) is 14.6 Å². The van der Waals surface area contributed by atoms with Gasteiger partial charge in [-0.15, -0.1) is 0 Å². The van der Waals surface area contributed by atoms with Crippen LogP contribution in [0.15, 0.2) is 24.4 Å². The highest BCUT2D eigenvalue weighted by Gasteiger charge is 2.75. The Kier molecular flexibility index (Phi) is 3.44. The predicted octanol–water partition coefficient (Wildman–Crippen LogP) is 1.83. The molecule has 1 rings (SSSR count). The van der Waals surface area contributed by atoms with Crippen molar-refractivity contribution < 1.29 is 39.5 Å². The van der Waals surface area contributed by atoms with E-state index in [9.17, 15) is 34.8 Å². The second-order valence-corrected chi connectivity index (χ2v) is 5.60. The van der Waals surface area contributed by atoms with Crippen LogP contribution in [0.3, 0.4) is 0 Å². The second kappa shape index (κ2) is 4.13. The van der Waals surface area contributed by atoms with E-state index in [0.717, 1.165) is 5.32 Å². The molecule has 0 aromatic heterocycles. The largest absolute Gasteiger partial charge is 0.502 e. The predicted molar refractivity (Wildman–Crippen MR) is 51.1 cm³/mol. The lowest BCUT2D eigenvalue weighted by Gasteiger charge is -2.40. The molecular formula is C8H7F6NO3S. The average molecular weight is 311 g/mol. The van der Waals surface area contributed by atoms with Crippen molar-refractivity contribution in [3.63, 3.8) is 0 Å². The summed E-state index contributed by atoms with van der Waals surface area (Å²) in [6, 6.07) is 0. The quantitative estimate of drug-likeness (QED) is 0.751. The second-order valence-electron chi connectivity index (χ2n) is 3.56. The Morgan fingerprint density at radius 3 is 1.95 bits per heavy atom. The van der Waals surface area contributed by atoms with E-state index in [4.69, 9.17) is 0 Å². The number of hydrogen-bond donors (Lipinski definition) is 1. The van der Waals surface area contributed by atoms with Crippen molar-refractivity contribution in [3.8, 4) is 0 Å². The van der Waals surface area contributed by atoms with E-state index >= 15 is 0 Å². The molecule has 19 heavy (non-hydrogen) atoms. The molecule has 0 aromatic rings. The molecule has 1 fully saturated rings. The van der Waals surface area contributed by atoms with E-state index in [2.05, 4.69) is 17.9 Å². The van der Waals surface area contributed by atoms with Gasteiger partial charge in [-0.25, -0.2) is 8.42 Å². The van der Waals surface area contributed by atoms with Gasteiger partial charge in [-0.2, -0.15) is 26.3 Å². The summed E-state index contributed by atoms with van der Waals surface area (Å²) >= 11 is 0. The van der Waals surface area contributed by atoms with Crippen LogP contribution in [0.4, 0.5) is 26.3 Å². The van der Waals surface area contributed by atoms with Gasteiger partial charge in [0.1, 0.15) is 0 Å². The molecular weight excluding hydrogens is 304 g/mol. The lowest BCUT2D eigenvalue weighted by atomic mass is 10.2. The van der Waals surface area contributed by atoms with Crippen LogP contribution in [0, 0.1) is 0 Å². The molecule has 1 unspecified atom stereocenters. The molecule has 0 amide bonds. The molecule has 0 saturated carbocycles. The maximum Gasteiger partial charge on any atom is 0.502 e. The summed E-state index contributed by atoms with van der Waals surface area (Å²) in [6.07, 6.45) is -5.87. The first-order valence-electron chi connectivity index (χ1n) is 4.43. The van der Waals surface area contributed by atoms with Crippen molar-refractivity contribution in [1.82, 2.24) is 5.32 Å². The van der Waals surface area contributed by atoms with E-state index in [1.807, 2.05) is 0 Å². The van der Waals surface area contributed by atoms with Gasteiger partial charge in [0.25, 0.3) is 0 Å². The Bertz CT molecular complexity index is 520. The summed E-state index contributed by atoms with van der Waals surface area (Å²) < 4.78 is 102. The van der Waals surface area contributed by atoms with Gasteiger partial charge in [0, 0.05) is 5.70 Å². The van der Waals surface area contributed by atoms with Crippen LogP contribution in [-0.4, -0.2) is 31.8 Å². The van der Waals surface area contributed by atoms with Crippen LogP contribution in [0.25, 0.3) is 0 Å². The number of rotatable bonds is 1. The van der Waals surface area contributed by atoms with Crippen LogP contribution in [0.2, 0.25) is 0 Å². The molecule has 110 valence electrons. The molecule has 0 bridgehead atoms. The number of halogens is 6. The van der Waals surface area contributed by atoms with Crippen LogP contribution >= 0.6 is 0 Å². The van der Waals surface area contributed by atoms with Gasteiger partial charge in [-0.05, 0) is 5.57 Å². The van der Waals surface area contributed by atoms with Crippen LogP contribution in [0.5, 0.6) is 0 Å². The fraction of sp³-hybridized carbons (Fsp3) is 0.500. The molecule has 0 spiro atoms. The molecule has 1 heterocycles. The average Bonchev–Trinajstić information content (AvgIpc) is 2.18. The monoisotopic (exact) mass is 311 g/mol. The molecule has 0 aliphatic carbocycles. The summed E-state index contributed by atoms with van der Waals surface area (Å²) in [5.41, 5.74) is -7.05. The first-order valence-corrected chi connectivity index (χ1v) is 5.91. The van der Waals surface area contributed by atoms with Crippen molar-refractivity contribution in [3.05, 3.63) is 24.4 Å². The zero-order chi connectivity index (χ0) is 15.3. The Hall–Kier alpha value is -1.23. The number of alkyl halides is 6. The normalized spacial score (nSPS) is 26.2. The smallest absolute Gasteiger partial charge is 0.337 e. The van der Waals surface area contributed by atoms with Crippen molar-refractivity contribution in [2.24, 2.45) is 0 Å². The standard InChI is InChI=1S/C8H7F6NO3S/c1-4-3-18-7(6(9,10)11,15-5(4)2)19(16,17)8(12,13)14/h15H,1-3H2. The third-order valence-corrected chi connectivity index (χ3v) is 4.07. The van der Waals surface area contributed by atoms with Gasteiger partial charge in [0.2, 0.25) is 0 Å². The van der Waals surface area contributed by atoms with Gasteiger partial charge in [-0.1, -0.05) is 13.2 Å². The first-order chi connectivity index (χ1) is 8.26. The van der Waals surface area contributed by atoms with Gasteiger partial charge in [0.05, 0.1) is 6.61 Å². The molecule has 0 aromatic carbocycles. The molecule has 1 aliphatic heterocycles. The number of hydrogen-bond acceptors (Lipinski definition) is 4. The Morgan fingerprint density at radius 2 is 1.63 bits per heavy atom. The minimum absolute atomic E-state index is 0.197. The third kappa shape index (κ3) is 2.20. The maximum absolute atomic E-state index is 12.8. The van der Waals surface area contributed by atoms with Crippen LogP contribution < -0.4 is 5.32 Å². The van der Waals surface area contributed by atoms with Gasteiger partial charge in [0.15, 0.2) is 0 Å². The lowest BCUT2D eigenvalue weighted by molar-refractivity contribution is -0.254. The molecule has 1 aliphatic rings. The van der Waals surface area contributed by atoms with E-state index < -0.39 is 38.9 Å². The van der Waals surface area contributed by atoms with Crippen molar-refractivity contribution in [2.45, 2.75) is 16.7 Å². The van der Waals surface area contributed by atoms with Crippen LogP contribution in [0.1, 0.15) is 0 Å². The summed E-state index contributed by atoms with van der Waals surface area (Å²) in [4.78, 5) is 0. The van der Waals surface area contributed by atoms with E-state index in [1.165, 1.54) is 0 Å². The zero-order valence-electron chi connectivity index (χ0n) is 9.02. The highest BCUT2D eigenvalue weighted by Crippen LogP contribution is 2.45. The Morgan fingerprint density at radius 1 is 1.16 bits per heavy atom. The minimum Gasteiger partial charge on any atom is -0.337 e. The number of ether oxygens (including phenoxy) is 1. The lowest BCUT2D eigenvalue weighted by Crippen LogP contribution is -2.68. The van der Waals surface area contributed by atoms with Gasteiger partial charge < -0.3 is 10.1 Å². The molecule has 0 radical (unpaired) electrons. The summed E-state index contributed by atoms with van der Waals surface area (Å²) in [6.45, 7) is 5.08. The first kappa shape index (κ1) is 15.8. The molecule has 1 saturated heterocycles. The molecule has 1 atom stereocenters. The fourth-order valence-corrected chi connectivity index (χ4v) is 2.31. The van der Waals surface area contributed by atoms with Gasteiger partial charge >= 0.3 is 26.6 Å². The number of nitrogens with one attached hydrogen (secondary N) is 1. The summed E-state index contributed by atoms with van der Waals surface area (Å²) in [5.74, 6) is 0. The molecule has 4 nitrogen and oxygen atoms in total. The van der Waals surface area contributed by atoms with E-state index in [-0.39, 0.29) is 5.57 Å².